The highest BCUT2D eigenvalue weighted by atomic mass is 32.2. The van der Waals surface area contributed by atoms with Crippen molar-refractivity contribution >= 4 is 35.3 Å². The number of anilines is 1. The topological polar surface area (TPSA) is 93.5 Å². The van der Waals surface area contributed by atoms with E-state index in [9.17, 15) is 18.8 Å². The molecular weight excluding hydrogens is 419 g/mol. The number of nitrogens with zero attached hydrogens (tertiary/aromatic N) is 3. The summed E-state index contributed by atoms with van der Waals surface area (Å²) in [6, 6.07) is 12.9. The van der Waals surface area contributed by atoms with E-state index in [1.54, 1.807) is 29.7 Å². The average Bonchev–Trinajstić information content (AvgIpc) is 3.26. The Morgan fingerprint density at radius 1 is 1.19 bits per heavy atom. The largest absolute Gasteiger partial charge is 0.328 e. The second kappa shape index (κ2) is 8.62. The summed E-state index contributed by atoms with van der Waals surface area (Å²) in [4.78, 5) is 41.1. The number of nitrogens with one attached hydrogen (secondary N) is 1. The Kier molecular flexibility index (Phi) is 5.73. The number of benzene rings is 2. The lowest BCUT2D eigenvalue weighted by atomic mass is 10.1. The van der Waals surface area contributed by atoms with E-state index in [0.717, 1.165) is 4.90 Å². The van der Waals surface area contributed by atoms with Gasteiger partial charge in [0.15, 0.2) is 0 Å². The monoisotopic (exact) mass is 436 g/mol. The number of halogens is 1. The van der Waals surface area contributed by atoms with Crippen LogP contribution in [-0.2, 0) is 16.1 Å². The molecule has 156 valence electrons. The highest BCUT2D eigenvalue weighted by molar-refractivity contribution is 8.03. The zero-order valence-electron chi connectivity index (χ0n) is 16.2. The number of nitriles is 1. The minimum atomic E-state index is -0.580. The van der Waals surface area contributed by atoms with Gasteiger partial charge in [0.25, 0.3) is 0 Å². The Morgan fingerprint density at radius 3 is 2.71 bits per heavy atom. The molecule has 0 aliphatic carbocycles. The van der Waals surface area contributed by atoms with E-state index in [2.05, 4.69) is 5.32 Å². The second-order valence-corrected chi connectivity index (χ2v) is 8.13. The molecule has 2 heterocycles. The standard InChI is InChI=1S/C22H17FN4O3S/c23-16-6-4-14(5-7-16)12-27-21(29)20-18(8-9-31-20)26(22(27)30)13-19(28)25-17-3-1-2-15(10-17)11-24/h1-10,18,20H,12-13H2,(H,25,28). The number of carbonyl (C=O) groups is 3. The van der Waals surface area contributed by atoms with Crippen LogP contribution in [0.15, 0.2) is 60.0 Å². The van der Waals surface area contributed by atoms with Crippen LogP contribution in [0.3, 0.4) is 0 Å². The van der Waals surface area contributed by atoms with Gasteiger partial charge in [0, 0.05) is 5.69 Å². The molecule has 31 heavy (non-hydrogen) atoms. The van der Waals surface area contributed by atoms with Crippen LogP contribution in [-0.4, -0.2) is 45.5 Å². The van der Waals surface area contributed by atoms with Crippen molar-refractivity contribution in [3.8, 4) is 6.07 Å². The van der Waals surface area contributed by atoms with Gasteiger partial charge in [0.2, 0.25) is 11.8 Å². The zero-order chi connectivity index (χ0) is 22.0. The minimum Gasteiger partial charge on any atom is -0.325 e. The van der Waals surface area contributed by atoms with Crippen molar-refractivity contribution in [3.05, 3.63) is 77.0 Å². The Morgan fingerprint density at radius 2 is 1.97 bits per heavy atom. The van der Waals surface area contributed by atoms with Gasteiger partial charge in [0.05, 0.1) is 24.2 Å². The van der Waals surface area contributed by atoms with Gasteiger partial charge in [-0.25, -0.2) is 9.18 Å². The molecule has 2 aromatic carbocycles. The smallest absolute Gasteiger partial charge is 0.325 e. The number of amides is 4. The fourth-order valence-corrected chi connectivity index (χ4v) is 4.57. The Labute approximate surface area is 182 Å². The summed E-state index contributed by atoms with van der Waals surface area (Å²) in [6.45, 7) is -0.265. The van der Waals surface area contributed by atoms with E-state index >= 15 is 0 Å². The van der Waals surface area contributed by atoms with E-state index in [1.165, 1.54) is 47.0 Å². The van der Waals surface area contributed by atoms with Crippen LogP contribution in [0, 0.1) is 17.1 Å². The highest BCUT2D eigenvalue weighted by Gasteiger charge is 2.47. The summed E-state index contributed by atoms with van der Waals surface area (Å²) >= 11 is 1.30. The van der Waals surface area contributed by atoms with Crippen molar-refractivity contribution in [3.63, 3.8) is 0 Å². The fourth-order valence-electron chi connectivity index (χ4n) is 3.51. The second-order valence-electron chi connectivity index (χ2n) is 7.08. The molecule has 0 saturated carbocycles. The molecule has 4 amide bonds. The van der Waals surface area contributed by atoms with Gasteiger partial charge in [-0.1, -0.05) is 24.3 Å². The van der Waals surface area contributed by atoms with Gasteiger partial charge >= 0.3 is 6.03 Å². The van der Waals surface area contributed by atoms with Crippen molar-refractivity contribution in [1.29, 1.82) is 5.26 Å². The molecule has 7 nitrogen and oxygen atoms in total. The number of urea groups is 1. The molecular formula is C22H17FN4O3S. The lowest BCUT2D eigenvalue weighted by Gasteiger charge is -2.40. The predicted molar refractivity (Wildman–Crippen MR) is 113 cm³/mol. The highest BCUT2D eigenvalue weighted by Crippen LogP contribution is 2.34. The van der Waals surface area contributed by atoms with Crippen molar-refractivity contribution in [2.45, 2.75) is 17.8 Å². The Hall–Kier alpha value is -3.64. The SMILES string of the molecule is N#Cc1cccc(NC(=O)CN2C(=O)N(Cc3ccc(F)cc3)C(=O)C3SC=CC32)c1. The lowest BCUT2D eigenvalue weighted by molar-refractivity contribution is -0.132. The first-order valence-corrected chi connectivity index (χ1v) is 10.4. The molecule has 2 aromatic rings. The van der Waals surface area contributed by atoms with Crippen LogP contribution in [0.4, 0.5) is 14.9 Å². The van der Waals surface area contributed by atoms with Crippen LogP contribution < -0.4 is 5.32 Å². The molecule has 4 rings (SSSR count). The molecule has 2 atom stereocenters. The zero-order valence-corrected chi connectivity index (χ0v) is 17.0. The predicted octanol–water partition coefficient (Wildman–Crippen LogP) is 3.10. The summed E-state index contributed by atoms with van der Waals surface area (Å²) in [5.41, 5.74) is 1.45. The summed E-state index contributed by atoms with van der Waals surface area (Å²) in [6.07, 6.45) is 1.74. The molecule has 0 aromatic heterocycles. The maximum Gasteiger partial charge on any atom is 0.328 e. The van der Waals surface area contributed by atoms with Gasteiger partial charge in [0.1, 0.15) is 17.6 Å². The molecule has 2 aliphatic heterocycles. The Bertz CT molecular complexity index is 1110. The molecule has 2 aliphatic rings. The van der Waals surface area contributed by atoms with Gasteiger partial charge < -0.3 is 10.2 Å². The van der Waals surface area contributed by atoms with Gasteiger partial charge in [-0.15, -0.1) is 11.8 Å². The molecule has 2 unspecified atom stereocenters. The van der Waals surface area contributed by atoms with Crippen molar-refractivity contribution in [2.75, 3.05) is 11.9 Å². The first-order valence-electron chi connectivity index (χ1n) is 9.45. The molecule has 1 saturated heterocycles. The summed E-state index contributed by atoms with van der Waals surface area (Å²) in [5, 5.41) is 12.9. The fraction of sp³-hybridized carbons (Fsp3) is 0.182. The Balaban J connectivity index is 1.52. The number of hydrogen-bond acceptors (Lipinski definition) is 5. The number of fused-ring (bicyclic) bond motifs is 1. The third-order valence-corrected chi connectivity index (χ3v) is 6.09. The number of hydrogen-bond donors (Lipinski definition) is 1. The summed E-state index contributed by atoms with van der Waals surface area (Å²) < 4.78 is 13.2. The van der Waals surface area contributed by atoms with E-state index in [0.29, 0.717) is 16.8 Å². The van der Waals surface area contributed by atoms with Crippen molar-refractivity contribution in [2.24, 2.45) is 0 Å². The van der Waals surface area contributed by atoms with Gasteiger partial charge in [-0.05, 0) is 41.3 Å². The average molecular weight is 436 g/mol. The van der Waals surface area contributed by atoms with Crippen molar-refractivity contribution < 1.29 is 18.8 Å². The van der Waals surface area contributed by atoms with Crippen LogP contribution in [0.1, 0.15) is 11.1 Å². The van der Waals surface area contributed by atoms with E-state index in [1.807, 2.05) is 6.07 Å². The lowest BCUT2D eigenvalue weighted by Crippen LogP contribution is -2.62. The van der Waals surface area contributed by atoms with Gasteiger partial charge in [-0.2, -0.15) is 5.26 Å². The quantitative estimate of drug-likeness (QED) is 0.778. The van der Waals surface area contributed by atoms with Crippen molar-refractivity contribution in [1.82, 2.24) is 9.80 Å². The molecule has 9 heteroatoms. The number of rotatable bonds is 5. The van der Waals surface area contributed by atoms with Gasteiger partial charge in [-0.3, -0.25) is 14.5 Å². The summed E-state index contributed by atoms with van der Waals surface area (Å²) in [5.74, 6) is -1.19. The maximum atomic E-state index is 13.2. The number of thioether (sulfide) groups is 1. The van der Waals surface area contributed by atoms with E-state index in [4.69, 9.17) is 5.26 Å². The van der Waals surface area contributed by atoms with Crippen LogP contribution in [0.5, 0.6) is 0 Å². The normalized spacial score (nSPS) is 19.9. The third-order valence-electron chi connectivity index (χ3n) is 5.00. The third kappa shape index (κ3) is 4.29. The summed E-state index contributed by atoms with van der Waals surface area (Å²) in [7, 11) is 0. The van der Waals surface area contributed by atoms with E-state index < -0.39 is 29.0 Å². The molecule has 0 spiro atoms. The maximum absolute atomic E-state index is 13.2. The number of carbonyl (C=O) groups excluding carboxylic acids is 3. The van der Waals surface area contributed by atoms with E-state index in [-0.39, 0.29) is 19.0 Å². The molecule has 1 N–H and O–H groups in total. The molecule has 1 fully saturated rings. The molecule has 0 bridgehead atoms. The van der Waals surface area contributed by atoms with Crippen LogP contribution in [0.25, 0.3) is 0 Å². The minimum absolute atomic E-state index is 0.00986. The first-order chi connectivity index (χ1) is 15.0. The number of imide groups is 1. The molecule has 0 radical (unpaired) electrons. The van der Waals surface area contributed by atoms with Crippen LogP contribution >= 0.6 is 11.8 Å². The first kappa shape index (κ1) is 20.6. The van der Waals surface area contributed by atoms with Crippen LogP contribution in [0.2, 0.25) is 0 Å².